The second-order valence-corrected chi connectivity index (χ2v) is 11.0. The van der Waals surface area contributed by atoms with E-state index in [0.29, 0.717) is 43.0 Å². The van der Waals surface area contributed by atoms with Crippen LogP contribution in [-0.4, -0.2) is 30.1 Å². The molecule has 0 radical (unpaired) electrons. The minimum absolute atomic E-state index is 0.0536. The molecule has 1 unspecified atom stereocenters. The van der Waals surface area contributed by atoms with E-state index in [1.54, 1.807) is 6.07 Å². The Labute approximate surface area is 166 Å². The van der Waals surface area contributed by atoms with Crippen LogP contribution in [0, 0.1) is 5.41 Å². The summed E-state index contributed by atoms with van der Waals surface area (Å²) in [4.78, 5) is 4.61. The lowest BCUT2D eigenvalue weighted by Crippen LogP contribution is -2.37. The summed E-state index contributed by atoms with van der Waals surface area (Å²) in [7, 11) is -2.94. The van der Waals surface area contributed by atoms with Crippen molar-refractivity contribution in [3.8, 4) is 0 Å². The molecule has 3 fully saturated rings. The Bertz CT molecular complexity index is 1040. The van der Waals surface area contributed by atoms with Crippen LogP contribution in [0.2, 0.25) is 0 Å². The Kier molecular flexibility index (Phi) is 3.99. The third-order valence-corrected chi connectivity index (χ3v) is 8.78. The summed E-state index contributed by atoms with van der Waals surface area (Å²) in [5.74, 6) is 1.39. The maximum atomic E-state index is 13.2. The zero-order valence-corrected chi connectivity index (χ0v) is 16.5. The van der Waals surface area contributed by atoms with Gasteiger partial charge in [-0.05, 0) is 49.1 Å². The van der Waals surface area contributed by atoms with Gasteiger partial charge in [0.1, 0.15) is 9.84 Å². The number of sulfone groups is 1. The molecule has 0 bridgehead atoms. The molecule has 1 aromatic heterocycles. The number of aromatic nitrogens is 2. The summed E-state index contributed by atoms with van der Waals surface area (Å²) < 4.78 is 68.5. The van der Waals surface area contributed by atoms with Gasteiger partial charge >= 0.3 is 6.18 Å². The lowest BCUT2D eigenvalue weighted by atomic mass is 9.63. The van der Waals surface area contributed by atoms with E-state index in [1.807, 2.05) is 0 Å². The molecule has 1 aromatic carbocycles. The molecule has 2 aromatic rings. The van der Waals surface area contributed by atoms with E-state index in [-0.39, 0.29) is 22.8 Å². The van der Waals surface area contributed by atoms with E-state index in [9.17, 15) is 21.6 Å². The number of alkyl halides is 3. The standard InChI is InChI=1S/C20H21F3N2O3S/c21-20(22,23)14-4-1-3-13(11-14)19(5-2-6-19)17-24-16(28-25-17)15-12-18(15)7-9-29(26,27)10-8-18/h1,3-4,11,15H,2,5-10,12H2. The SMILES string of the molecule is O=S1(=O)CCC2(CC1)CC2c1nc(C2(c3cccc(C(F)(F)F)c3)CCC2)no1. The monoisotopic (exact) mass is 426 g/mol. The number of benzene rings is 1. The highest BCUT2D eigenvalue weighted by Crippen LogP contribution is 2.65. The van der Waals surface area contributed by atoms with Gasteiger partial charge in [0.2, 0.25) is 5.89 Å². The average Bonchev–Trinajstić information content (AvgIpc) is 3.12. The Morgan fingerprint density at radius 2 is 1.83 bits per heavy atom. The van der Waals surface area contributed by atoms with Crippen molar-refractivity contribution >= 4 is 9.84 Å². The molecule has 5 rings (SSSR count). The Hall–Kier alpha value is -1.90. The molecule has 2 heterocycles. The topological polar surface area (TPSA) is 73.1 Å². The highest BCUT2D eigenvalue weighted by molar-refractivity contribution is 7.91. The lowest BCUT2D eigenvalue weighted by Gasteiger charge is -2.39. The lowest BCUT2D eigenvalue weighted by molar-refractivity contribution is -0.137. The second kappa shape index (κ2) is 6.06. The first-order valence-corrected chi connectivity index (χ1v) is 11.7. The molecular formula is C20H21F3N2O3S. The first-order valence-electron chi connectivity index (χ1n) is 9.86. The number of hydrogen-bond acceptors (Lipinski definition) is 5. The van der Waals surface area contributed by atoms with Gasteiger partial charge in [0.25, 0.3) is 0 Å². The molecule has 1 atom stereocenters. The van der Waals surface area contributed by atoms with Gasteiger partial charge in [0.15, 0.2) is 5.82 Å². The van der Waals surface area contributed by atoms with Crippen molar-refractivity contribution in [2.75, 3.05) is 11.5 Å². The van der Waals surface area contributed by atoms with Gasteiger partial charge in [-0.15, -0.1) is 0 Å². The third-order valence-electron chi connectivity index (χ3n) is 7.13. The van der Waals surface area contributed by atoms with E-state index >= 15 is 0 Å². The molecule has 9 heteroatoms. The number of hydrogen-bond donors (Lipinski definition) is 0. The van der Waals surface area contributed by atoms with Crippen LogP contribution in [0.5, 0.6) is 0 Å². The van der Waals surface area contributed by atoms with Crippen LogP contribution in [-0.2, 0) is 21.4 Å². The van der Waals surface area contributed by atoms with Crippen LogP contribution in [0.25, 0.3) is 0 Å². The van der Waals surface area contributed by atoms with Gasteiger partial charge in [-0.25, -0.2) is 8.42 Å². The van der Waals surface area contributed by atoms with Crippen LogP contribution < -0.4 is 0 Å². The van der Waals surface area contributed by atoms with Crippen molar-refractivity contribution in [3.05, 3.63) is 47.1 Å². The zero-order valence-electron chi connectivity index (χ0n) is 15.7. The molecule has 5 nitrogen and oxygen atoms in total. The van der Waals surface area contributed by atoms with E-state index in [4.69, 9.17) is 4.52 Å². The zero-order chi connectivity index (χ0) is 20.5. The van der Waals surface area contributed by atoms with Crippen LogP contribution in [0.4, 0.5) is 13.2 Å². The van der Waals surface area contributed by atoms with Gasteiger partial charge in [-0.1, -0.05) is 29.8 Å². The van der Waals surface area contributed by atoms with Crippen LogP contribution in [0.15, 0.2) is 28.8 Å². The van der Waals surface area contributed by atoms with Crippen LogP contribution >= 0.6 is 0 Å². The van der Waals surface area contributed by atoms with E-state index < -0.39 is 27.0 Å². The molecule has 29 heavy (non-hydrogen) atoms. The molecule has 0 N–H and O–H groups in total. The highest BCUT2D eigenvalue weighted by atomic mass is 32.2. The molecule has 1 saturated heterocycles. The van der Waals surface area contributed by atoms with Gasteiger partial charge in [-0.3, -0.25) is 0 Å². The quantitative estimate of drug-likeness (QED) is 0.734. The predicted octanol–water partition coefficient (Wildman–Crippen LogP) is 4.24. The smallest absolute Gasteiger partial charge is 0.339 e. The minimum atomic E-state index is -4.40. The van der Waals surface area contributed by atoms with Gasteiger partial charge in [0.05, 0.1) is 22.5 Å². The fraction of sp³-hybridized carbons (Fsp3) is 0.600. The van der Waals surface area contributed by atoms with Crippen molar-refractivity contribution in [1.29, 1.82) is 0 Å². The number of halogens is 3. The summed E-state index contributed by atoms with van der Waals surface area (Å²) >= 11 is 0. The summed E-state index contributed by atoms with van der Waals surface area (Å²) in [5.41, 5.74) is -0.811. The van der Waals surface area contributed by atoms with Gasteiger partial charge < -0.3 is 4.52 Å². The Balaban J connectivity index is 1.42. The van der Waals surface area contributed by atoms with Crippen molar-refractivity contribution in [3.63, 3.8) is 0 Å². The Morgan fingerprint density at radius 1 is 1.10 bits per heavy atom. The van der Waals surface area contributed by atoms with Gasteiger partial charge in [0, 0.05) is 5.92 Å². The van der Waals surface area contributed by atoms with Crippen LogP contribution in [0.3, 0.4) is 0 Å². The first kappa shape index (κ1) is 19.1. The molecule has 0 amide bonds. The van der Waals surface area contributed by atoms with E-state index in [2.05, 4.69) is 10.1 Å². The molecule has 1 aliphatic heterocycles. The van der Waals surface area contributed by atoms with Gasteiger partial charge in [-0.2, -0.15) is 18.2 Å². The van der Waals surface area contributed by atoms with Crippen molar-refractivity contribution in [2.45, 2.75) is 56.0 Å². The highest BCUT2D eigenvalue weighted by Gasteiger charge is 2.59. The molecule has 3 aliphatic rings. The fourth-order valence-electron chi connectivity index (χ4n) is 4.93. The van der Waals surface area contributed by atoms with Crippen molar-refractivity contribution in [1.82, 2.24) is 10.1 Å². The largest absolute Gasteiger partial charge is 0.416 e. The second-order valence-electron chi connectivity index (χ2n) is 8.74. The summed E-state index contributed by atoms with van der Waals surface area (Å²) in [6.07, 6.45) is -0.0905. The Morgan fingerprint density at radius 3 is 2.45 bits per heavy atom. The van der Waals surface area contributed by atoms with Crippen LogP contribution in [0.1, 0.15) is 67.3 Å². The third kappa shape index (κ3) is 3.08. The molecular weight excluding hydrogens is 405 g/mol. The molecule has 2 saturated carbocycles. The maximum absolute atomic E-state index is 13.2. The normalized spacial score (nSPS) is 26.8. The van der Waals surface area contributed by atoms with E-state index in [0.717, 1.165) is 18.9 Å². The van der Waals surface area contributed by atoms with Crippen molar-refractivity contribution in [2.24, 2.45) is 5.41 Å². The first-order chi connectivity index (χ1) is 13.6. The average molecular weight is 426 g/mol. The number of rotatable bonds is 3. The molecule has 156 valence electrons. The van der Waals surface area contributed by atoms with E-state index in [1.165, 1.54) is 12.1 Å². The minimum Gasteiger partial charge on any atom is -0.339 e. The predicted molar refractivity (Wildman–Crippen MR) is 98.1 cm³/mol. The summed E-state index contributed by atoms with van der Waals surface area (Å²) in [6, 6.07) is 5.40. The fourth-order valence-corrected chi connectivity index (χ4v) is 6.57. The molecule has 2 aliphatic carbocycles. The van der Waals surface area contributed by atoms with Crippen molar-refractivity contribution < 1.29 is 26.1 Å². The number of nitrogens with zero attached hydrogens (tertiary/aromatic N) is 2. The molecule has 1 spiro atoms. The summed E-state index contributed by atoms with van der Waals surface area (Å²) in [5, 5.41) is 4.16. The maximum Gasteiger partial charge on any atom is 0.416 e. The summed E-state index contributed by atoms with van der Waals surface area (Å²) in [6.45, 7) is 0.